The molecule has 0 atom stereocenters. The van der Waals surface area contributed by atoms with Crippen molar-refractivity contribution in [3.8, 4) is 5.75 Å². The minimum atomic E-state index is -0.573. The second kappa shape index (κ2) is 5.62. The van der Waals surface area contributed by atoms with Crippen molar-refractivity contribution in [2.75, 3.05) is 0 Å². The number of ether oxygens (including phenoxy) is 2. The van der Waals surface area contributed by atoms with Crippen molar-refractivity contribution in [1.82, 2.24) is 4.98 Å². The first-order valence-corrected chi connectivity index (χ1v) is 5.60. The van der Waals surface area contributed by atoms with Gasteiger partial charge < -0.3 is 9.47 Å². The van der Waals surface area contributed by atoms with Crippen molar-refractivity contribution < 1.29 is 19.1 Å². The summed E-state index contributed by atoms with van der Waals surface area (Å²) in [6, 6.07) is 3.25. The van der Waals surface area contributed by atoms with Gasteiger partial charge in [0.05, 0.1) is 5.41 Å². The molecular formula is C13H17NO4. The van der Waals surface area contributed by atoms with Gasteiger partial charge in [-0.1, -0.05) is 0 Å². The predicted molar refractivity (Wildman–Crippen MR) is 64.8 cm³/mol. The molecule has 0 aliphatic carbocycles. The minimum absolute atomic E-state index is 0.0143. The van der Waals surface area contributed by atoms with E-state index in [2.05, 4.69) is 4.98 Å². The van der Waals surface area contributed by atoms with Gasteiger partial charge in [-0.05, 0) is 32.9 Å². The lowest BCUT2D eigenvalue weighted by Crippen LogP contribution is -2.23. The molecule has 0 N–H and O–H groups in total. The maximum absolute atomic E-state index is 11.6. The van der Waals surface area contributed by atoms with E-state index in [4.69, 9.17) is 9.47 Å². The number of nitrogens with zero attached hydrogens (tertiary/aromatic N) is 1. The standard InChI is InChI=1S/C13H17NO4/c1-9(15)18-11-6-5-7-14-10(11)8-17-12(16)13(2,3)4/h5-7H,8H2,1-4H3. The van der Waals surface area contributed by atoms with E-state index < -0.39 is 11.4 Å². The van der Waals surface area contributed by atoms with Crippen molar-refractivity contribution in [2.45, 2.75) is 34.3 Å². The van der Waals surface area contributed by atoms with E-state index in [0.29, 0.717) is 11.4 Å². The number of pyridine rings is 1. The summed E-state index contributed by atoms with van der Waals surface area (Å²) in [6.45, 7) is 6.58. The predicted octanol–water partition coefficient (Wildman–Crippen LogP) is 2.10. The van der Waals surface area contributed by atoms with Crippen LogP contribution in [0.25, 0.3) is 0 Å². The lowest BCUT2D eigenvalue weighted by molar-refractivity contribution is -0.154. The van der Waals surface area contributed by atoms with Crippen LogP contribution in [0.15, 0.2) is 18.3 Å². The molecule has 0 unspecified atom stereocenters. The van der Waals surface area contributed by atoms with Gasteiger partial charge in [-0.2, -0.15) is 0 Å². The van der Waals surface area contributed by atoms with Gasteiger partial charge in [-0.3, -0.25) is 14.6 Å². The highest BCUT2D eigenvalue weighted by Crippen LogP contribution is 2.20. The Kier molecular flexibility index (Phi) is 4.42. The van der Waals surface area contributed by atoms with Gasteiger partial charge in [-0.25, -0.2) is 0 Å². The van der Waals surface area contributed by atoms with E-state index in [-0.39, 0.29) is 12.6 Å². The van der Waals surface area contributed by atoms with E-state index in [9.17, 15) is 9.59 Å². The zero-order valence-electron chi connectivity index (χ0n) is 11.0. The SMILES string of the molecule is CC(=O)Oc1cccnc1COC(=O)C(C)(C)C. The molecule has 1 aromatic rings. The molecule has 0 spiro atoms. The van der Waals surface area contributed by atoms with Crippen LogP contribution in [0.4, 0.5) is 0 Å². The van der Waals surface area contributed by atoms with E-state index >= 15 is 0 Å². The monoisotopic (exact) mass is 251 g/mol. The lowest BCUT2D eigenvalue weighted by Gasteiger charge is -2.16. The van der Waals surface area contributed by atoms with Crippen LogP contribution in [0.3, 0.4) is 0 Å². The topological polar surface area (TPSA) is 65.5 Å². The first-order valence-electron chi connectivity index (χ1n) is 5.60. The summed E-state index contributed by atoms with van der Waals surface area (Å²) < 4.78 is 10.1. The van der Waals surface area contributed by atoms with Gasteiger partial charge in [0.15, 0.2) is 5.75 Å². The molecular weight excluding hydrogens is 234 g/mol. The van der Waals surface area contributed by atoms with E-state index in [1.807, 2.05) is 0 Å². The van der Waals surface area contributed by atoms with Gasteiger partial charge in [0.1, 0.15) is 12.3 Å². The zero-order chi connectivity index (χ0) is 13.8. The maximum Gasteiger partial charge on any atom is 0.311 e. The summed E-state index contributed by atoms with van der Waals surface area (Å²) >= 11 is 0. The Morgan fingerprint density at radius 1 is 1.33 bits per heavy atom. The third-order valence-corrected chi connectivity index (χ3v) is 2.05. The fourth-order valence-electron chi connectivity index (χ4n) is 1.13. The van der Waals surface area contributed by atoms with Gasteiger partial charge >= 0.3 is 11.9 Å². The number of carbonyl (C=O) groups excluding carboxylic acids is 2. The number of rotatable bonds is 3. The normalized spacial score (nSPS) is 10.9. The summed E-state index contributed by atoms with van der Waals surface area (Å²) in [7, 11) is 0. The average molecular weight is 251 g/mol. The van der Waals surface area contributed by atoms with E-state index in [1.54, 1.807) is 39.1 Å². The second-order valence-electron chi connectivity index (χ2n) is 4.87. The van der Waals surface area contributed by atoms with Crippen LogP contribution in [0.1, 0.15) is 33.4 Å². The Morgan fingerprint density at radius 2 is 2.00 bits per heavy atom. The molecule has 0 bridgehead atoms. The minimum Gasteiger partial charge on any atom is -0.459 e. The van der Waals surface area contributed by atoms with Crippen LogP contribution >= 0.6 is 0 Å². The van der Waals surface area contributed by atoms with Crippen molar-refractivity contribution >= 4 is 11.9 Å². The first-order chi connectivity index (χ1) is 8.30. The molecule has 0 aliphatic heterocycles. The first kappa shape index (κ1) is 14.2. The fourth-order valence-corrected chi connectivity index (χ4v) is 1.13. The van der Waals surface area contributed by atoms with Crippen molar-refractivity contribution in [3.05, 3.63) is 24.0 Å². The van der Waals surface area contributed by atoms with Crippen molar-refractivity contribution in [1.29, 1.82) is 0 Å². The Morgan fingerprint density at radius 3 is 2.56 bits per heavy atom. The Bertz CT molecular complexity index is 449. The molecule has 18 heavy (non-hydrogen) atoms. The van der Waals surface area contributed by atoms with Crippen LogP contribution < -0.4 is 4.74 Å². The van der Waals surface area contributed by atoms with E-state index in [1.165, 1.54) is 6.92 Å². The number of hydrogen-bond acceptors (Lipinski definition) is 5. The average Bonchev–Trinajstić information content (AvgIpc) is 2.25. The molecule has 0 aliphatic rings. The summed E-state index contributed by atoms with van der Waals surface area (Å²) in [4.78, 5) is 26.5. The highest BCUT2D eigenvalue weighted by atomic mass is 16.5. The molecule has 98 valence electrons. The number of esters is 2. The van der Waals surface area contributed by atoms with Crippen LogP contribution in [-0.4, -0.2) is 16.9 Å². The molecule has 0 radical (unpaired) electrons. The Labute approximate surface area is 106 Å². The Hall–Kier alpha value is -1.91. The number of carbonyl (C=O) groups is 2. The third-order valence-electron chi connectivity index (χ3n) is 2.05. The molecule has 1 rings (SSSR count). The molecule has 5 nitrogen and oxygen atoms in total. The Balaban J connectivity index is 2.73. The number of aromatic nitrogens is 1. The van der Waals surface area contributed by atoms with Gasteiger partial charge in [0.2, 0.25) is 0 Å². The molecule has 0 amide bonds. The second-order valence-corrected chi connectivity index (χ2v) is 4.87. The summed E-state index contributed by atoms with van der Waals surface area (Å²) in [5.74, 6) is -0.458. The highest BCUT2D eigenvalue weighted by Gasteiger charge is 2.23. The lowest BCUT2D eigenvalue weighted by atomic mass is 9.97. The molecule has 5 heteroatoms. The van der Waals surface area contributed by atoms with Crippen LogP contribution in [0, 0.1) is 5.41 Å². The van der Waals surface area contributed by atoms with Crippen LogP contribution in [0.5, 0.6) is 5.75 Å². The fraction of sp³-hybridized carbons (Fsp3) is 0.462. The maximum atomic E-state index is 11.6. The molecule has 1 heterocycles. The zero-order valence-corrected chi connectivity index (χ0v) is 11.0. The van der Waals surface area contributed by atoms with Crippen LogP contribution in [-0.2, 0) is 20.9 Å². The quantitative estimate of drug-likeness (QED) is 0.770. The largest absolute Gasteiger partial charge is 0.459 e. The highest BCUT2D eigenvalue weighted by molar-refractivity contribution is 5.75. The molecule has 0 fully saturated rings. The summed E-state index contributed by atoms with van der Waals surface area (Å²) in [5, 5.41) is 0. The van der Waals surface area contributed by atoms with Gasteiger partial charge in [-0.15, -0.1) is 0 Å². The smallest absolute Gasteiger partial charge is 0.311 e. The van der Waals surface area contributed by atoms with Gasteiger partial charge in [0.25, 0.3) is 0 Å². The molecule has 1 aromatic heterocycles. The summed E-state index contributed by atoms with van der Waals surface area (Å²) in [5.41, 5.74) is -0.151. The third kappa shape index (κ3) is 4.16. The van der Waals surface area contributed by atoms with Crippen LogP contribution in [0.2, 0.25) is 0 Å². The van der Waals surface area contributed by atoms with Gasteiger partial charge in [0, 0.05) is 13.1 Å². The van der Waals surface area contributed by atoms with Crippen molar-refractivity contribution in [2.24, 2.45) is 5.41 Å². The summed E-state index contributed by atoms with van der Waals surface area (Å²) in [6.07, 6.45) is 1.55. The van der Waals surface area contributed by atoms with Crippen molar-refractivity contribution in [3.63, 3.8) is 0 Å². The van der Waals surface area contributed by atoms with E-state index in [0.717, 1.165) is 0 Å². The molecule has 0 saturated carbocycles. The molecule has 0 saturated heterocycles. The number of hydrogen-bond donors (Lipinski definition) is 0. The molecule has 0 aromatic carbocycles.